The highest BCUT2D eigenvalue weighted by molar-refractivity contribution is 5.92. The molecule has 0 saturated heterocycles. The average Bonchev–Trinajstić information content (AvgIpc) is 3.21. The summed E-state index contributed by atoms with van der Waals surface area (Å²) in [6, 6.07) is 13.6. The van der Waals surface area contributed by atoms with Gasteiger partial charge in [-0.3, -0.25) is 4.79 Å². The Morgan fingerprint density at radius 3 is 2.23 bits per heavy atom. The molecule has 0 bridgehead atoms. The van der Waals surface area contributed by atoms with Crippen molar-refractivity contribution in [3.8, 4) is 17.1 Å². The quantitative estimate of drug-likeness (QED) is 0.529. The fourth-order valence-electron chi connectivity index (χ4n) is 3.33. The van der Waals surface area contributed by atoms with Gasteiger partial charge in [0.05, 0.1) is 7.11 Å². The molecule has 0 aliphatic heterocycles. The SMILES string of the molecule is COc1ccc(-c2noc(CCC(=O)Nc3c(C(C)C)cccc3C(C)C)n2)cc1. The van der Waals surface area contributed by atoms with Crippen LogP contribution in [-0.4, -0.2) is 23.2 Å². The molecular formula is C24H29N3O3. The van der Waals surface area contributed by atoms with Crippen LogP contribution in [0.5, 0.6) is 5.75 Å². The highest BCUT2D eigenvalue weighted by atomic mass is 16.5. The molecular weight excluding hydrogens is 378 g/mol. The van der Waals surface area contributed by atoms with Crippen molar-refractivity contribution < 1.29 is 14.1 Å². The molecule has 0 fully saturated rings. The Balaban J connectivity index is 1.66. The highest BCUT2D eigenvalue weighted by Gasteiger charge is 2.17. The molecule has 0 atom stereocenters. The molecule has 1 N–H and O–H groups in total. The van der Waals surface area contributed by atoms with Gasteiger partial charge in [0.25, 0.3) is 0 Å². The molecule has 0 aliphatic carbocycles. The average molecular weight is 408 g/mol. The van der Waals surface area contributed by atoms with Gasteiger partial charge in [0.15, 0.2) is 0 Å². The van der Waals surface area contributed by atoms with E-state index in [0.717, 1.165) is 28.1 Å². The van der Waals surface area contributed by atoms with Crippen LogP contribution in [0, 0.1) is 0 Å². The lowest BCUT2D eigenvalue weighted by Gasteiger charge is -2.20. The zero-order valence-corrected chi connectivity index (χ0v) is 18.2. The van der Waals surface area contributed by atoms with Gasteiger partial charge < -0.3 is 14.6 Å². The minimum atomic E-state index is -0.0609. The Morgan fingerprint density at radius 2 is 1.67 bits per heavy atom. The van der Waals surface area contributed by atoms with Crippen molar-refractivity contribution >= 4 is 11.6 Å². The van der Waals surface area contributed by atoms with Gasteiger partial charge in [-0.1, -0.05) is 51.1 Å². The molecule has 0 saturated carbocycles. The largest absolute Gasteiger partial charge is 0.497 e. The fraction of sp³-hybridized carbons (Fsp3) is 0.375. The second-order valence-corrected chi connectivity index (χ2v) is 7.91. The minimum Gasteiger partial charge on any atom is -0.497 e. The maximum absolute atomic E-state index is 12.7. The van der Waals surface area contributed by atoms with E-state index in [1.165, 1.54) is 0 Å². The first-order chi connectivity index (χ1) is 14.4. The summed E-state index contributed by atoms with van der Waals surface area (Å²) in [5.41, 5.74) is 4.06. The zero-order chi connectivity index (χ0) is 21.7. The molecule has 3 rings (SSSR count). The molecule has 30 heavy (non-hydrogen) atoms. The van der Waals surface area contributed by atoms with Crippen LogP contribution in [0.1, 0.15) is 63.0 Å². The summed E-state index contributed by atoms with van der Waals surface area (Å²) in [4.78, 5) is 17.1. The minimum absolute atomic E-state index is 0.0609. The predicted octanol–water partition coefficient (Wildman–Crippen LogP) is 5.56. The molecule has 0 aliphatic rings. The van der Waals surface area contributed by atoms with E-state index in [9.17, 15) is 4.79 Å². The Morgan fingerprint density at radius 1 is 1.03 bits per heavy atom. The number of hydrogen-bond donors (Lipinski definition) is 1. The van der Waals surface area contributed by atoms with Crippen LogP contribution in [0.2, 0.25) is 0 Å². The number of anilines is 1. The number of nitrogens with one attached hydrogen (secondary N) is 1. The lowest BCUT2D eigenvalue weighted by molar-refractivity contribution is -0.116. The van der Waals surface area contributed by atoms with Crippen LogP contribution in [0.25, 0.3) is 11.4 Å². The highest BCUT2D eigenvalue weighted by Crippen LogP contribution is 2.32. The van der Waals surface area contributed by atoms with Crippen LogP contribution < -0.4 is 10.1 Å². The summed E-state index contributed by atoms with van der Waals surface area (Å²) < 4.78 is 10.5. The van der Waals surface area contributed by atoms with E-state index in [1.807, 2.05) is 24.3 Å². The Labute approximate surface area is 177 Å². The van der Waals surface area contributed by atoms with Crippen molar-refractivity contribution in [3.05, 3.63) is 59.5 Å². The third-order valence-electron chi connectivity index (χ3n) is 5.02. The lowest BCUT2D eigenvalue weighted by atomic mass is 9.92. The number of rotatable bonds is 8. The molecule has 2 aromatic carbocycles. The summed E-state index contributed by atoms with van der Waals surface area (Å²) in [5, 5.41) is 7.14. The maximum Gasteiger partial charge on any atom is 0.227 e. The molecule has 6 heteroatoms. The third-order valence-corrected chi connectivity index (χ3v) is 5.02. The van der Waals surface area contributed by atoms with Gasteiger partial charge in [0.1, 0.15) is 5.75 Å². The first-order valence-corrected chi connectivity index (χ1v) is 10.3. The summed E-state index contributed by atoms with van der Waals surface area (Å²) in [5.74, 6) is 2.29. The topological polar surface area (TPSA) is 77.2 Å². The number of para-hydroxylation sites is 1. The molecule has 6 nitrogen and oxygen atoms in total. The standard InChI is InChI=1S/C24H29N3O3/c1-15(2)19-7-6-8-20(16(3)4)23(19)25-21(28)13-14-22-26-24(27-30-22)17-9-11-18(29-5)12-10-17/h6-12,15-16H,13-14H2,1-5H3,(H,25,28). The first kappa shape index (κ1) is 21.6. The second-order valence-electron chi connectivity index (χ2n) is 7.91. The number of aryl methyl sites for hydroxylation is 1. The Kier molecular flexibility index (Phi) is 6.87. The van der Waals surface area contributed by atoms with E-state index in [2.05, 4.69) is 61.4 Å². The van der Waals surface area contributed by atoms with Gasteiger partial charge in [0, 0.05) is 24.1 Å². The monoisotopic (exact) mass is 407 g/mol. The van der Waals surface area contributed by atoms with Gasteiger partial charge in [-0.05, 0) is 47.2 Å². The molecule has 0 spiro atoms. The molecule has 1 aromatic heterocycles. The second kappa shape index (κ2) is 9.57. The number of amides is 1. The van der Waals surface area contributed by atoms with Crippen molar-refractivity contribution in [1.82, 2.24) is 10.1 Å². The molecule has 158 valence electrons. The van der Waals surface area contributed by atoms with Gasteiger partial charge in [-0.2, -0.15) is 4.98 Å². The van der Waals surface area contributed by atoms with Gasteiger partial charge >= 0.3 is 0 Å². The smallest absolute Gasteiger partial charge is 0.227 e. The third kappa shape index (κ3) is 5.06. The Hall–Kier alpha value is -3.15. The van der Waals surface area contributed by atoms with Crippen molar-refractivity contribution in [2.45, 2.75) is 52.4 Å². The number of carbonyl (C=O) groups excluding carboxylic acids is 1. The number of methoxy groups -OCH3 is 1. The fourth-order valence-corrected chi connectivity index (χ4v) is 3.33. The summed E-state index contributed by atoms with van der Waals surface area (Å²) in [6.07, 6.45) is 0.657. The van der Waals surface area contributed by atoms with Crippen LogP contribution in [0.3, 0.4) is 0 Å². The number of hydrogen-bond acceptors (Lipinski definition) is 5. The first-order valence-electron chi connectivity index (χ1n) is 10.3. The van der Waals surface area contributed by atoms with Crippen molar-refractivity contribution in [3.63, 3.8) is 0 Å². The van der Waals surface area contributed by atoms with Crippen LogP contribution >= 0.6 is 0 Å². The molecule has 1 amide bonds. The van der Waals surface area contributed by atoms with Crippen molar-refractivity contribution in [2.75, 3.05) is 12.4 Å². The van der Waals surface area contributed by atoms with Gasteiger partial charge in [0.2, 0.25) is 17.6 Å². The number of nitrogens with zero attached hydrogens (tertiary/aromatic N) is 2. The van der Waals surface area contributed by atoms with E-state index >= 15 is 0 Å². The number of aromatic nitrogens is 2. The van der Waals surface area contributed by atoms with E-state index < -0.39 is 0 Å². The van der Waals surface area contributed by atoms with E-state index in [4.69, 9.17) is 9.26 Å². The molecule has 3 aromatic rings. The summed E-state index contributed by atoms with van der Waals surface area (Å²) in [6.45, 7) is 8.53. The number of benzene rings is 2. The van der Waals surface area contributed by atoms with Crippen LogP contribution in [0.15, 0.2) is 47.0 Å². The number of carbonyl (C=O) groups is 1. The summed E-state index contributed by atoms with van der Waals surface area (Å²) >= 11 is 0. The summed E-state index contributed by atoms with van der Waals surface area (Å²) in [7, 11) is 1.62. The van der Waals surface area contributed by atoms with Gasteiger partial charge in [-0.15, -0.1) is 0 Å². The van der Waals surface area contributed by atoms with Crippen molar-refractivity contribution in [2.24, 2.45) is 0 Å². The molecule has 0 radical (unpaired) electrons. The maximum atomic E-state index is 12.7. The van der Waals surface area contributed by atoms with E-state index in [0.29, 0.717) is 30.0 Å². The molecule has 1 heterocycles. The van der Waals surface area contributed by atoms with E-state index in [1.54, 1.807) is 7.11 Å². The normalized spacial score (nSPS) is 11.2. The molecule has 0 unspecified atom stereocenters. The van der Waals surface area contributed by atoms with Crippen LogP contribution in [-0.2, 0) is 11.2 Å². The lowest BCUT2D eigenvalue weighted by Crippen LogP contribution is -2.16. The Bertz CT molecular complexity index is 965. The van der Waals surface area contributed by atoms with Gasteiger partial charge in [-0.25, -0.2) is 0 Å². The van der Waals surface area contributed by atoms with Crippen molar-refractivity contribution in [1.29, 1.82) is 0 Å². The van der Waals surface area contributed by atoms with Crippen LogP contribution in [0.4, 0.5) is 5.69 Å². The predicted molar refractivity (Wildman–Crippen MR) is 118 cm³/mol. The van der Waals surface area contributed by atoms with E-state index in [-0.39, 0.29) is 12.3 Å². The number of ether oxygens (including phenoxy) is 1. The zero-order valence-electron chi connectivity index (χ0n) is 18.2.